The molecule has 0 saturated carbocycles. The summed E-state index contributed by atoms with van der Waals surface area (Å²) in [6.07, 6.45) is 3.23. The summed E-state index contributed by atoms with van der Waals surface area (Å²) in [4.78, 5) is 16.2. The quantitative estimate of drug-likeness (QED) is 0.767. The SMILES string of the molecule is CC(C)n1cc(C(=O)Nc2ncn[nH]2)c2ccccc21. The van der Waals surface area contributed by atoms with Crippen LogP contribution in [0.5, 0.6) is 0 Å². The average molecular weight is 269 g/mol. The molecule has 3 rings (SSSR count). The third-order valence-corrected chi connectivity index (χ3v) is 3.19. The van der Waals surface area contributed by atoms with Crippen LogP contribution < -0.4 is 5.32 Å². The van der Waals surface area contributed by atoms with Gasteiger partial charge in [-0.15, -0.1) is 0 Å². The van der Waals surface area contributed by atoms with E-state index in [1.165, 1.54) is 6.33 Å². The maximum atomic E-state index is 12.3. The smallest absolute Gasteiger partial charge is 0.260 e. The lowest BCUT2D eigenvalue weighted by atomic mass is 10.1. The standard InChI is InChI=1S/C14H15N5O/c1-9(2)19-7-11(10-5-3-4-6-12(10)19)13(20)17-14-15-8-16-18-14/h3-9H,1-2H3,(H2,15,16,17,18,20). The minimum absolute atomic E-state index is 0.197. The van der Waals surface area contributed by atoms with Crippen molar-refractivity contribution in [2.24, 2.45) is 0 Å². The molecular weight excluding hydrogens is 254 g/mol. The maximum absolute atomic E-state index is 12.3. The molecule has 102 valence electrons. The van der Waals surface area contributed by atoms with E-state index in [1.54, 1.807) is 0 Å². The molecular formula is C14H15N5O. The van der Waals surface area contributed by atoms with E-state index in [-0.39, 0.29) is 11.9 Å². The first-order valence-electron chi connectivity index (χ1n) is 6.43. The Morgan fingerprint density at radius 3 is 2.85 bits per heavy atom. The molecule has 2 aromatic heterocycles. The monoisotopic (exact) mass is 269 g/mol. The first kappa shape index (κ1) is 12.4. The molecule has 6 nitrogen and oxygen atoms in total. The summed E-state index contributed by atoms with van der Waals surface area (Å²) in [5, 5.41) is 9.95. The van der Waals surface area contributed by atoms with E-state index in [1.807, 2.05) is 30.5 Å². The minimum atomic E-state index is -0.197. The van der Waals surface area contributed by atoms with E-state index < -0.39 is 0 Å². The number of aromatic nitrogens is 4. The lowest BCUT2D eigenvalue weighted by molar-refractivity contribution is 0.102. The van der Waals surface area contributed by atoms with Gasteiger partial charge in [0.2, 0.25) is 5.95 Å². The van der Waals surface area contributed by atoms with Crippen LogP contribution in [-0.4, -0.2) is 25.7 Å². The summed E-state index contributed by atoms with van der Waals surface area (Å²) in [5.41, 5.74) is 1.68. The maximum Gasteiger partial charge on any atom is 0.260 e. The van der Waals surface area contributed by atoms with Crippen molar-refractivity contribution in [2.45, 2.75) is 19.9 Å². The van der Waals surface area contributed by atoms with Gasteiger partial charge in [-0.2, -0.15) is 10.1 Å². The van der Waals surface area contributed by atoms with E-state index in [4.69, 9.17) is 0 Å². The summed E-state index contributed by atoms with van der Waals surface area (Å²) < 4.78 is 2.09. The summed E-state index contributed by atoms with van der Waals surface area (Å²) in [6, 6.07) is 8.15. The molecule has 6 heteroatoms. The molecule has 0 atom stereocenters. The van der Waals surface area contributed by atoms with Crippen LogP contribution in [0.1, 0.15) is 30.2 Å². The molecule has 0 spiro atoms. The average Bonchev–Trinajstić information content (AvgIpc) is 3.05. The summed E-state index contributed by atoms with van der Waals surface area (Å²) in [5.74, 6) is 0.147. The van der Waals surface area contributed by atoms with Crippen molar-refractivity contribution < 1.29 is 4.79 Å². The molecule has 0 aliphatic carbocycles. The Kier molecular flexibility index (Phi) is 2.98. The van der Waals surface area contributed by atoms with Crippen LogP contribution >= 0.6 is 0 Å². The van der Waals surface area contributed by atoms with Crippen LogP contribution in [0.4, 0.5) is 5.95 Å². The lowest BCUT2D eigenvalue weighted by Gasteiger charge is -2.08. The van der Waals surface area contributed by atoms with Crippen molar-refractivity contribution in [3.05, 3.63) is 42.4 Å². The molecule has 0 unspecified atom stereocenters. The number of H-pyrrole nitrogens is 1. The summed E-state index contributed by atoms with van der Waals surface area (Å²) >= 11 is 0. The molecule has 0 aliphatic rings. The molecule has 1 amide bonds. The van der Waals surface area contributed by atoms with Gasteiger partial charge in [-0.3, -0.25) is 10.1 Å². The van der Waals surface area contributed by atoms with E-state index in [0.29, 0.717) is 11.5 Å². The van der Waals surface area contributed by atoms with Crippen LogP contribution in [0.2, 0.25) is 0 Å². The van der Waals surface area contributed by atoms with Gasteiger partial charge in [0.25, 0.3) is 5.91 Å². The van der Waals surface area contributed by atoms with Gasteiger partial charge in [-0.05, 0) is 19.9 Å². The summed E-state index contributed by atoms with van der Waals surface area (Å²) in [6.45, 7) is 4.18. The molecule has 1 aromatic carbocycles. The van der Waals surface area contributed by atoms with Crippen molar-refractivity contribution >= 4 is 22.8 Å². The van der Waals surface area contributed by atoms with Gasteiger partial charge in [0.1, 0.15) is 6.33 Å². The topological polar surface area (TPSA) is 75.6 Å². The Morgan fingerprint density at radius 2 is 2.15 bits per heavy atom. The second kappa shape index (κ2) is 4.80. The summed E-state index contributed by atoms with van der Waals surface area (Å²) in [7, 11) is 0. The van der Waals surface area contributed by atoms with Crippen molar-refractivity contribution in [1.29, 1.82) is 0 Å². The third-order valence-electron chi connectivity index (χ3n) is 3.19. The van der Waals surface area contributed by atoms with E-state index in [0.717, 1.165) is 10.9 Å². The van der Waals surface area contributed by atoms with Gasteiger partial charge in [-0.25, -0.2) is 5.10 Å². The van der Waals surface area contributed by atoms with Crippen molar-refractivity contribution in [3.8, 4) is 0 Å². The molecule has 3 aromatic rings. The minimum Gasteiger partial charge on any atom is -0.344 e. The zero-order valence-electron chi connectivity index (χ0n) is 11.3. The molecule has 0 fully saturated rings. The van der Waals surface area contributed by atoms with Crippen LogP contribution in [0.15, 0.2) is 36.8 Å². The highest BCUT2D eigenvalue weighted by molar-refractivity contribution is 6.12. The Bertz CT molecular complexity index is 742. The largest absolute Gasteiger partial charge is 0.344 e. The van der Waals surface area contributed by atoms with Crippen LogP contribution in [0.25, 0.3) is 10.9 Å². The van der Waals surface area contributed by atoms with E-state index in [9.17, 15) is 4.79 Å². The number of nitrogens with zero attached hydrogens (tertiary/aromatic N) is 3. The molecule has 0 aliphatic heterocycles. The number of amides is 1. The highest BCUT2D eigenvalue weighted by Crippen LogP contribution is 2.25. The van der Waals surface area contributed by atoms with Gasteiger partial charge in [0.15, 0.2) is 0 Å². The first-order valence-corrected chi connectivity index (χ1v) is 6.43. The second-order valence-electron chi connectivity index (χ2n) is 4.85. The Balaban J connectivity index is 2.05. The normalized spacial score (nSPS) is 11.2. The number of nitrogens with one attached hydrogen (secondary N) is 2. The number of hydrogen-bond donors (Lipinski definition) is 2. The fourth-order valence-electron chi connectivity index (χ4n) is 2.25. The lowest BCUT2D eigenvalue weighted by Crippen LogP contribution is -2.12. The van der Waals surface area contributed by atoms with Crippen molar-refractivity contribution in [3.63, 3.8) is 0 Å². The van der Waals surface area contributed by atoms with Gasteiger partial charge in [0, 0.05) is 23.1 Å². The molecule has 20 heavy (non-hydrogen) atoms. The predicted octanol–water partition coefficient (Wildman–Crippen LogP) is 2.59. The fraction of sp³-hybridized carbons (Fsp3) is 0.214. The Morgan fingerprint density at radius 1 is 1.35 bits per heavy atom. The van der Waals surface area contributed by atoms with E-state index >= 15 is 0 Å². The Labute approximate surface area is 115 Å². The molecule has 0 saturated heterocycles. The van der Waals surface area contributed by atoms with Crippen LogP contribution in [-0.2, 0) is 0 Å². The number of carbonyl (C=O) groups excluding carboxylic acids is 1. The molecule has 2 heterocycles. The number of anilines is 1. The molecule has 2 N–H and O–H groups in total. The molecule has 0 radical (unpaired) electrons. The second-order valence-corrected chi connectivity index (χ2v) is 4.85. The number of benzene rings is 1. The van der Waals surface area contributed by atoms with Gasteiger partial charge in [-0.1, -0.05) is 18.2 Å². The van der Waals surface area contributed by atoms with E-state index in [2.05, 4.69) is 38.9 Å². The van der Waals surface area contributed by atoms with Crippen LogP contribution in [0.3, 0.4) is 0 Å². The number of para-hydroxylation sites is 1. The number of hydrogen-bond acceptors (Lipinski definition) is 3. The highest BCUT2D eigenvalue weighted by Gasteiger charge is 2.16. The van der Waals surface area contributed by atoms with Crippen molar-refractivity contribution in [1.82, 2.24) is 19.7 Å². The van der Waals surface area contributed by atoms with Gasteiger partial charge in [0.05, 0.1) is 5.56 Å². The highest BCUT2D eigenvalue weighted by atomic mass is 16.1. The van der Waals surface area contributed by atoms with Gasteiger partial charge < -0.3 is 4.57 Å². The van der Waals surface area contributed by atoms with Gasteiger partial charge >= 0.3 is 0 Å². The number of rotatable bonds is 3. The zero-order chi connectivity index (χ0) is 14.1. The molecule has 0 bridgehead atoms. The fourth-order valence-corrected chi connectivity index (χ4v) is 2.25. The Hall–Kier alpha value is -2.63. The number of fused-ring (bicyclic) bond motifs is 1. The van der Waals surface area contributed by atoms with Crippen molar-refractivity contribution in [2.75, 3.05) is 5.32 Å². The predicted molar refractivity (Wildman–Crippen MR) is 76.7 cm³/mol. The third kappa shape index (κ3) is 2.05. The van der Waals surface area contributed by atoms with Crippen LogP contribution in [0, 0.1) is 0 Å². The first-order chi connectivity index (χ1) is 9.66. The number of carbonyl (C=O) groups is 1. The zero-order valence-corrected chi connectivity index (χ0v) is 11.3. The number of aromatic amines is 1.